The maximum absolute atomic E-state index is 11.5. The van der Waals surface area contributed by atoms with Gasteiger partial charge in [-0.2, -0.15) is 0 Å². The van der Waals surface area contributed by atoms with Crippen LogP contribution in [0.15, 0.2) is 0 Å². The van der Waals surface area contributed by atoms with E-state index in [1.807, 2.05) is 6.92 Å². The van der Waals surface area contributed by atoms with Crippen LogP contribution in [-0.4, -0.2) is 12.6 Å². The van der Waals surface area contributed by atoms with Gasteiger partial charge in [0.15, 0.2) is 0 Å². The monoisotopic (exact) mass is 198 g/mol. The summed E-state index contributed by atoms with van der Waals surface area (Å²) >= 11 is 0. The normalized spacial score (nSPS) is 27.7. The molecule has 0 radical (unpaired) electrons. The van der Waals surface area contributed by atoms with Crippen LogP contribution in [0.25, 0.3) is 0 Å². The average Bonchev–Trinajstić information content (AvgIpc) is 2.18. The van der Waals surface area contributed by atoms with Crippen LogP contribution in [0.1, 0.15) is 46.5 Å². The second kappa shape index (κ2) is 5.38. The first-order valence-electron chi connectivity index (χ1n) is 5.81. The molecule has 2 nitrogen and oxygen atoms in total. The van der Waals surface area contributed by atoms with Crippen molar-refractivity contribution >= 4 is 5.97 Å². The Balaban J connectivity index is 2.31. The van der Waals surface area contributed by atoms with Crippen molar-refractivity contribution in [2.75, 3.05) is 6.61 Å². The van der Waals surface area contributed by atoms with E-state index in [-0.39, 0.29) is 11.9 Å². The summed E-state index contributed by atoms with van der Waals surface area (Å²) in [7, 11) is 0. The lowest BCUT2D eigenvalue weighted by Gasteiger charge is -2.29. The highest BCUT2D eigenvalue weighted by molar-refractivity contribution is 5.72. The minimum absolute atomic E-state index is 0.0229. The van der Waals surface area contributed by atoms with Crippen LogP contribution < -0.4 is 0 Å². The summed E-state index contributed by atoms with van der Waals surface area (Å²) in [5.74, 6) is 1.79. The molecule has 1 rings (SSSR count). The first kappa shape index (κ1) is 11.5. The molecule has 0 aromatic heterocycles. The Morgan fingerprint density at radius 2 is 1.86 bits per heavy atom. The summed E-state index contributed by atoms with van der Waals surface area (Å²) in [5.41, 5.74) is 0. The molecule has 0 heterocycles. The number of ether oxygens (including phenoxy) is 1. The van der Waals surface area contributed by atoms with Crippen LogP contribution >= 0.6 is 0 Å². The summed E-state index contributed by atoms with van der Waals surface area (Å²) in [6, 6.07) is 0. The molecule has 0 amide bonds. The highest BCUT2D eigenvalue weighted by Gasteiger charge is 2.28. The van der Waals surface area contributed by atoms with E-state index in [2.05, 4.69) is 13.8 Å². The second-order valence-corrected chi connectivity index (χ2v) is 4.61. The van der Waals surface area contributed by atoms with E-state index in [1.54, 1.807) is 0 Å². The maximum Gasteiger partial charge on any atom is 0.308 e. The SMILES string of the molecule is CCOC(=O)[C@H]1CC[C@H](C(C)C)CC1. The van der Waals surface area contributed by atoms with Crippen molar-refractivity contribution in [1.29, 1.82) is 0 Å². The quantitative estimate of drug-likeness (QED) is 0.652. The minimum Gasteiger partial charge on any atom is -0.466 e. The van der Waals surface area contributed by atoms with Crippen LogP contribution in [0.4, 0.5) is 0 Å². The molecule has 0 spiro atoms. The zero-order valence-electron chi connectivity index (χ0n) is 9.58. The molecule has 1 aliphatic carbocycles. The molecule has 0 aliphatic heterocycles. The van der Waals surface area contributed by atoms with Crippen LogP contribution in [0.3, 0.4) is 0 Å². The molecule has 14 heavy (non-hydrogen) atoms. The molecule has 0 atom stereocenters. The third-order valence-electron chi connectivity index (χ3n) is 3.33. The molecule has 2 heteroatoms. The number of hydrogen-bond donors (Lipinski definition) is 0. The number of rotatable bonds is 3. The van der Waals surface area contributed by atoms with Crippen molar-refractivity contribution < 1.29 is 9.53 Å². The Morgan fingerprint density at radius 3 is 2.29 bits per heavy atom. The summed E-state index contributed by atoms with van der Waals surface area (Å²) in [4.78, 5) is 11.5. The highest BCUT2D eigenvalue weighted by Crippen LogP contribution is 2.33. The molecular weight excluding hydrogens is 176 g/mol. The number of carbonyl (C=O) groups is 1. The maximum atomic E-state index is 11.5. The van der Waals surface area contributed by atoms with Gasteiger partial charge in [-0.25, -0.2) is 0 Å². The average molecular weight is 198 g/mol. The summed E-state index contributed by atoms with van der Waals surface area (Å²) in [5, 5.41) is 0. The molecule has 82 valence electrons. The minimum atomic E-state index is 0.0229. The predicted octanol–water partition coefficient (Wildman–Crippen LogP) is 3.01. The van der Waals surface area contributed by atoms with E-state index < -0.39 is 0 Å². The Morgan fingerprint density at radius 1 is 1.29 bits per heavy atom. The Kier molecular flexibility index (Phi) is 4.43. The second-order valence-electron chi connectivity index (χ2n) is 4.61. The van der Waals surface area contributed by atoms with Gasteiger partial charge in [0.2, 0.25) is 0 Å². The predicted molar refractivity (Wildman–Crippen MR) is 56.9 cm³/mol. The fraction of sp³-hybridized carbons (Fsp3) is 0.917. The smallest absolute Gasteiger partial charge is 0.308 e. The standard InChI is InChI=1S/C12H22O2/c1-4-14-12(13)11-7-5-10(6-8-11)9(2)3/h9-11H,4-8H2,1-3H3/t10-,11-. The fourth-order valence-electron chi connectivity index (χ4n) is 2.28. The van der Waals surface area contributed by atoms with Gasteiger partial charge in [0, 0.05) is 0 Å². The van der Waals surface area contributed by atoms with Gasteiger partial charge in [0.25, 0.3) is 0 Å². The van der Waals surface area contributed by atoms with Crippen molar-refractivity contribution in [1.82, 2.24) is 0 Å². The van der Waals surface area contributed by atoms with Crippen molar-refractivity contribution in [2.45, 2.75) is 46.5 Å². The summed E-state index contributed by atoms with van der Waals surface area (Å²) < 4.78 is 5.04. The lowest BCUT2D eigenvalue weighted by molar-refractivity contribution is -0.149. The molecule has 0 aromatic carbocycles. The molecule has 0 N–H and O–H groups in total. The topological polar surface area (TPSA) is 26.3 Å². The van der Waals surface area contributed by atoms with E-state index in [1.165, 1.54) is 12.8 Å². The van der Waals surface area contributed by atoms with Gasteiger partial charge >= 0.3 is 5.97 Å². The van der Waals surface area contributed by atoms with E-state index in [0.29, 0.717) is 6.61 Å². The zero-order chi connectivity index (χ0) is 10.6. The molecule has 1 fully saturated rings. The van der Waals surface area contributed by atoms with Crippen molar-refractivity contribution in [3.05, 3.63) is 0 Å². The number of hydrogen-bond acceptors (Lipinski definition) is 2. The molecule has 1 aliphatic rings. The molecule has 0 bridgehead atoms. The summed E-state index contributed by atoms with van der Waals surface area (Å²) in [6.45, 7) is 6.94. The van der Waals surface area contributed by atoms with Gasteiger partial charge in [-0.15, -0.1) is 0 Å². The molecule has 1 saturated carbocycles. The van der Waals surface area contributed by atoms with Gasteiger partial charge < -0.3 is 4.74 Å². The summed E-state index contributed by atoms with van der Waals surface area (Å²) in [6.07, 6.45) is 4.45. The van der Waals surface area contributed by atoms with Crippen LogP contribution in [0, 0.1) is 17.8 Å². The largest absolute Gasteiger partial charge is 0.466 e. The van der Waals surface area contributed by atoms with Crippen LogP contribution in [0.2, 0.25) is 0 Å². The van der Waals surface area contributed by atoms with Gasteiger partial charge in [-0.3, -0.25) is 4.79 Å². The van der Waals surface area contributed by atoms with Gasteiger partial charge in [-0.05, 0) is 44.4 Å². The third-order valence-corrected chi connectivity index (χ3v) is 3.33. The molecule has 0 saturated heterocycles. The number of esters is 1. The molecule has 0 unspecified atom stereocenters. The Hall–Kier alpha value is -0.530. The van der Waals surface area contributed by atoms with Gasteiger partial charge in [-0.1, -0.05) is 13.8 Å². The third kappa shape index (κ3) is 3.00. The van der Waals surface area contributed by atoms with E-state index in [9.17, 15) is 4.79 Å². The lowest BCUT2D eigenvalue weighted by atomic mass is 9.77. The van der Waals surface area contributed by atoms with Gasteiger partial charge in [0.1, 0.15) is 0 Å². The zero-order valence-corrected chi connectivity index (χ0v) is 9.58. The van der Waals surface area contributed by atoms with E-state index in [0.717, 1.165) is 24.7 Å². The van der Waals surface area contributed by atoms with E-state index >= 15 is 0 Å². The highest BCUT2D eigenvalue weighted by atomic mass is 16.5. The van der Waals surface area contributed by atoms with Crippen LogP contribution in [-0.2, 0) is 9.53 Å². The lowest BCUT2D eigenvalue weighted by Crippen LogP contribution is -2.25. The van der Waals surface area contributed by atoms with Gasteiger partial charge in [0.05, 0.1) is 12.5 Å². The Bertz CT molecular complexity index is 179. The van der Waals surface area contributed by atoms with Crippen molar-refractivity contribution in [3.63, 3.8) is 0 Å². The van der Waals surface area contributed by atoms with Crippen molar-refractivity contribution in [2.24, 2.45) is 17.8 Å². The first-order chi connectivity index (χ1) is 6.65. The van der Waals surface area contributed by atoms with Crippen LogP contribution in [0.5, 0.6) is 0 Å². The fourth-order valence-corrected chi connectivity index (χ4v) is 2.28. The Labute approximate surface area is 87.0 Å². The molecular formula is C12H22O2. The number of carbonyl (C=O) groups excluding carboxylic acids is 1. The van der Waals surface area contributed by atoms with Crippen molar-refractivity contribution in [3.8, 4) is 0 Å². The molecule has 0 aromatic rings. The first-order valence-corrected chi connectivity index (χ1v) is 5.81. The van der Waals surface area contributed by atoms with E-state index in [4.69, 9.17) is 4.74 Å².